The van der Waals surface area contributed by atoms with Crippen LogP contribution >= 0.6 is 11.8 Å². The van der Waals surface area contributed by atoms with Gasteiger partial charge in [0.2, 0.25) is 15.9 Å². The van der Waals surface area contributed by atoms with E-state index in [0.29, 0.717) is 38.6 Å². The Kier molecular flexibility index (Phi) is 7.09. The van der Waals surface area contributed by atoms with E-state index in [2.05, 4.69) is 21.1 Å². The molecule has 0 radical (unpaired) electrons. The number of urea groups is 1. The molecular weight excluding hydrogens is 499 g/mol. The summed E-state index contributed by atoms with van der Waals surface area (Å²) in [5.41, 5.74) is 8.23. The molecule has 0 bridgehead atoms. The predicted molar refractivity (Wildman–Crippen MR) is 128 cm³/mol. The van der Waals surface area contributed by atoms with Gasteiger partial charge in [0.25, 0.3) is 0 Å². The average Bonchev–Trinajstić information content (AvgIpc) is 3.26. The van der Waals surface area contributed by atoms with Crippen LogP contribution in [0.5, 0.6) is 0 Å². The number of nitrogens with zero attached hydrogens (tertiary/aromatic N) is 2. The van der Waals surface area contributed by atoms with Gasteiger partial charge in [0, 0.05) is 18.6 Å². The fourth-order valence-electron chi connectivity index (χ4n) is 5.62. The number of hydrazine groups is 1. The molecule has 7 unspecified atom stereocenters. The Morgan fingerprint density at radius 1 is 1.17 bits per heavy atom. The zero-order chi connectivity index (χ0) is 25.0. The maximum Gasteiger partial charge on any atom is 0.327 e. The zero-order valence-corrected chi connectivity index (χ0v) is 21.7. The van der Waals surface area contributed by atoms with Gasteiger partial charge >= 0.3 is 6.03 Å². The molecule has 3 saturated heterocycles. The highest BCUT2D eigenvalue weighted by Gasteiger charge is 2.54. The van der Waals surface area contributed by atoms with Crippen molar-refractivity contribution in [1.82, 2.24) is 30.9 Å². The molecule has 4 N–H and O–H groups in total. The second-order valence-electron chi connectivity index (χ2n) is 10.6. The molecule has 5 fully saturated rings. The molecule has 0 spiro atoms. The van der Waals surface area contributed by atoms with Crippen LogP contribution in [0.15, 0.2) is 0 Å². The van der Waals surface area contributed by atoms with Crippen molar-refractivity contribution in [3.05, 3.63) is 0 Å². The van der Waals surface area contributed by atoms with Crippen molar-refractivity contribution in [2.45, 2.75) is 92.1 Å². The van der Waals surface area contributed by atoms with Crippen molar-refractivity contribution in [3.8, 4) is 0 Å². The number of rotatable bonds is 8. The summed E-state index contributed by atoms with van der Waals surface area (Å²) in [6, 6.07) is -0.602. The number of fused-ring (bicyclic) bond motifs is 1. The van der Waals surface area contributed by atoms with E-state index in [4.69, 9.17) is 4.84 Å². The minimum atomic E-state index is -3.80. The first-order chi connectivity index (χ1) is 16.6. The zero-order valence-electron chi connectivity index (χ0n) is 20.0. The number of alkyl halides is 1. The highest BCUT2D eigenvalue weighted by atomic mass is 32.2. The largest absolute Gasteiger partial charge is 0.327 e. The lowest BCUT2D eigenvalue weighted by molar-refractivity contribution is -0.142. The minimum absolute atomic E-state index is 0.0449. The number of thioether (sulfide) groups is 1. The van der Waals surface area contributed by atoms with E-state index < -0.39 is 33.4 Å². The van der Waals surface area contributed by atoms with E-state index >= 15 is 0 Å². The van der Waals surface area contributed by atoms with Crippen LogP contribution in [0.25, 0.3) is 0 Å². The standard InChI is InChI=1S/C21H35FN6O5S2/c1-12-7-14(33-25-12)9-28-19(29)16-8-15(35(31,32)26-21(11-22)5-6-21)3-4-17(16)27(20(28)30)10-18-24-23-13(2)34-18/h12-18,23-26H,3-11H2,1-2H3. The van der Waals surface area contributed by atoms with Gasteiger partial charge in [-0.2, -0.15) is 5.48 Å². The van der Waals surface area contributed by atoms with Gasteiger partial charge in [0.15, 0.2) is 0 Å². The third-order valence-corrected chi connectivity index (χ3v) is 10.9. The summed E-state index contributed by atoms with van der Waals surface area (Å²) in [5, 5.41) is -0.653. The van der Waals surface area contributed by atoms with E-state index in [1.807, 2.05) is 13.8 Å². The molecule has 7 atom stereocenters. The van der Waals surface area contributed by atoms with E-state index in [1.54, 1.807) is 16.7 Å². The highest BCUT2D eigenvalue weighted by Crippen LogP contribution is 2.41. The Hall–Kier alpha value is -1.03. The van der Waals surface area contributed by atoms with Crippen molar-refractivity contribution in [2.75, 3.05) is 19.8 Å². The number of imide groups is 1. The molecular formula is C21H35FN6O5S2. The SMILES string of the molecule is CC1CC(CN2C(=O)C3CC(S(=O)(=O)NC4(CF)CC4)CCC3N(CC3NNC(C)S3)C2=O)ON1. The Labute approximate surface area is 209 Å². The molecule has 0 aromatic carbocycles. The van der Waals surface area contributed by atoms with Gasteiger partial charge in [-0.3, -0.25) is 14.5 Å². The lowest BCUT2D eigenvalue weighted by atomic mass is 9.80. The van der Waals surface area contributed by atoms with Gasteiger partial charge in [-0.15, -0.1) is 11.8 Å². The number of carbonyl (C=O) groups is 2. The quantitative estimate of drug-likeness (QED) is 0.349. The lowest BCUT2D eigenvalue weighted by Gasteiger charge is -2.49. The second kappa shape index (κ2) is 9.69. The number of carbonyl (C=O) groups excluding carboxylic acids is 2. The monoisotopic (exact) mass is 534 g/mol. The van der Waals surface area contributed by atoms with Crippen LogP contribution in [-0.4, -0.2) is 89.6 Å². The summed E-state index contributed by atoms with van der Waals surface area (Å²) in [6.07, 6.45) is 2.17. The molecule has 3 aliphatic heterocycles. The summed E-state index contributed by atoms with van der Waals surface area (Å²) in [6.45, 7) is 3.77. The Morgan fingerprint density at radius 3 is 2.54 bits per heavy atom. The van der Waals surface area contributed by atoms with Crippen molar-refractivity contribution < 1.29 is 27.2 Å². The summed E-state index contributed by atoms with van der Waals surface area (Å²) < 4.78 is 42.2. The normalized spacial score (nSPS) is 39.2. The average molecular weight is 535 g/mol. The molecule has 3 heterocycles. The summed E-state index contributed by atoms with van der Waals surface area (Å²) >= 11 is 1.66. The number of nitrogens with one attached hydrogen (secondary N) is 4. The number of hydrogen-bond acceptors (Lipinski definition) is 9. The Bertz CT molecular complexity index is 952. The number of halogens is 1. The van der Waals surface area contributed by atoms with Crippen LogP contribution in [0, 0.1) is 5.92 Å². The van der Waals surface area contributed by atoms with E-state index in [0.717, 1.165) is 0 Å². The number of hydroxylamine groups is 1. The van der Waals surface area contributed by atoms with Gasteiger partial charge in [-0.25, -0.2) is 33.2 Å². The molecule has 35 heavy (non-hydrogen) atoms. The Balaban J connectivity index is 1.36. The van der Waals surface area contributed by atoms with Crippen molar-refractivity contribution in [1.29, 1.82) is 0 Å². The van der Waals surface area contributed by atoms with Gasteiger partial charge in [0.05, 0.1) is 40.1 Å². The molecule has 198 valence electrons. The molecule has 2 saturated carbocycles. The number of hydrogen-bond donors (Lipinski definition) is 4. The van der Waals surface area contributed by atoms with Gasteiger partial charge in [0.1, 0.15) is 6.67 Å². The molecule has 5 aliphatic rings. The fraction of sp³-hybridized carbons (Fsp3) is 0.905. The fourth-order valence-corrected chi connectivity index (χ4v) is 8.57. The second-order valence-corrected chi connectivity index (χ2v) is 14.1. The van der Waals surface area contributed by atoms with E-state index in [1.165, 1.54) is 4.90 Å². The van der Waals surface area contributed by atoms with E-state index in [-0.39, 0.29) is 53.8 Å². The highest BCUT2D eigenvalue weighted by molar-refractivity contribution is 8.00. The van der Waals surface area contributed by atoms with Gasteiger partial charge in [-0.05, 0) is 52.4 Å². The number of amides is 3. The molecule has 5 rings (SSSR count). The third kappa shape index (κ3) is 5.20. The van der Waals surface area contributed by atoms with Crippen LogP contribution in [0.2, 0.25) is 0 Å². The molecule has 0 aromatic heterocycles. The van der Waals surface area contributed by atoms with Crippen LogP contribution < -0.4 is 21.1 Å². The molecule has 0 aromatic rings. The molecule has 3 amide bonds. The lowest BCUT2D eigenvalue weighted by Crippen LogP contribution is -2.66. The topological polar surface area (TPSA) is 132 Å². The van der Waals surface area contributed by atoms with Crippen molar-refractivity contribution >= 4 is 33.7 Å². The third-order valence-electron chi connectivity index (χ3n) is 7.75. The minimum Gasteiger partial charge on any atom is -0.318 e. The molecule has 14 heteroatoms. The maximum absolute atomic E-state index is 13.6. The Morgan fingerprint density at radius 2 is 1.94 bits per heavy atom. The molecule has 11 nitrogen and oxygen atoms in total. The first-order valence-electron chi connectivity index (χ1n) is 12.4. The maximum atomic E-state index is 13.6. The number of sulfonamides is 1. The first kappa shape index (κ1) is 25.6. The van der Waals surface area contributed by atoms with Crippen LogP contribution in [0.1, 0.15) is 52.4 Å². The van der Waals surface area contributed by atoms with Crippen molar-refractivity contribution in [2.24, 2.45) is 5.92 Å². The summed E-state index contributed by atoms with van der Waals surface area (Å²) in [7, 11) is -3.80. The molecule has 2 aliphatic carbocycles. The van der Waals surface area contributed by atoms with Crippen LogP contribution in [0.3, 0.4) is 0 Å². The van der Waals surface area contributed by atoms with Crippen LogP contribution in [0.4, 0.5) is 9.18 Å². The smallest absolute Gasteiger partial charge is 0.318 e. The summed E-state index contributed by atoms with van der Waals surface area (Å²) in [5.74, 6) is -0.975. The first-order valence-corrected chi connectivity index (χ1v) is 14.9. The van der Waals surface area contributed by atoms with Gasteiger partial charge in [-0.1, -0.05) is 0 Å². The van der Waals surface area contributed by atoms with Crippen molar-refractivity contribution in [3.63, 3.8) is 0 Å². The predicted octanol–water partition coefficient (Wildman–Crippen LogP) is 0.405. The van der Waals surface area contributed by atoms with Crippen LogP contribution in [-0.2, 0) is 19.7 Å². The van der Waals surface area contributed by atoms with E-state index in [9.17, 15) is 22.4 Å². The van der Waals surface area contributed by atoms with Gasteiger partial charge < -0.3 is 4.90 Å². The summed E-state index contributed by atoms with van der Waals surface area (Å²) in [4.78, 5) is 35.7.